The van der Waals surface area contributed by atoms with Crippen molar-refractivity contribution in [1.29, 1.82) is 0 Å². The summed E-state index contributed by atoms with van der Waals surface area (Å²) >= 11 is 0. The predicted octanol–water partition coefficient (Wildman–Crippen LogP) is 2.21. The summed E-state index contributed by atoms with van der Waals surface area (Å²) in [5.41, 5.74) is 6.79. The van der Waals surface area contributed by atoms with E-state index in [2.05, 4.69) is 0 Å². The first kappa shape index (κ1) is 18.8. The summed E-state index contributed by atoms with van der Waals surface area (Å²) in [7, 11) is -1.54. The van der Waals surface area contributed by atoms with Gasteiger partial charge >= 0.3 is 0 Å². The Morgan fingerprint density at radius 3 is 2.56 bits per heavy atom. The quantitative estimate of drug-likeness (QED) is 0.602. The van der Waals surface area contributed by atoms with E-state index in [1.165, 1.54) is 12.1 Å². The first-order chi connectivity index (χ1) is 11.8. The van der Waals surface area contributed by atoms with Crippen molar-refractivity contribution in [1.82, 2.24) is 4.90 Å². The van der Waals surface area contributed by atoms with Crippen LogP contribution in [0.15, 0.2) is 53.4 Å². The number of sulfone groups is 1. The summed E-state index contributed by atoms with van der Waals surface area (Å²) in [4.78, 5) is 14.1. The Balaban J connectivity index is 1.84. The SMILES string of the molecule is CN(CCCOc1cccc(S(C)(=O)=O)c1)C(=O)c1cccc(N)c1. The normalized spacial score (nSPS) is 11.1. The van der Waals surface area contributed by atoms with Crippen molar-refractivity contribution in [3.05, 3.63) is 54.1 Å². The second-order valence-corrected chi connectivity index (χ2v) is 7.82. The smallest absolute Gasteiger partial charge is 0.253 e. The Morgan fingerprint density at radius 2 is 1.88 bits per heavy atom. The number of benzene rings is 2. The molecule has 0 spiro atoms. The summed E-state index contributed by atoms with van der Waals surface area (Å²) in [6, 6.07) is 13.2. The number of ether oxygens (including phenoxy) is 1. The van der Waals surface area contributed by atoms with Gasteiger partial charge in [0.05, 0.1) is 11.5 Å². The number of rotatable bonds is 7. The molecule has 0 aliphatic heterocycles. The van der Waals surface area contributed by atoms with Gasteiger partial charge in [-0.2, -0.15) is 0 Å². The van der Waals surface area contributed by atoms with Gasteiger partial charge in [-0.3, -0.25) is 4.79 Å². The Labute approximate surface area is 148 Å². The Hall–Kier alpha value is -2.54. The molecule has 25 heavy (non-hydrogen) atoms. The van der Waals surface area contributed by atoms with Crippen LogP contribution >= 0.6 is 0 Å². The molecule has 134 valence electrons. The van der Waals surface area contributed by atoms with Crippen molar-refractivity contribution >= 4 is 21.4 Å². The van der Waals surface area contributed by atoms with E-state index in [-0.39, 0.29) is 10.8 Å². The van der Waals surface area contributed by atoms with Crippen molar-refractivity contribution in [2.24, 2.45) is 0 Å². The van der Waals surface area contributed by atoms with E-state index in [9.17, 15) is 13.2 Å². The zero-order valence-electron chi connectivity index (χ0n) is 14.3. The minimum absolute atomic E-state index is 0.105. The summed E-state index contributed by atoms with van der Waals surface area (Å²) in [6.07, 6.45) is 1.77. The molecule has 2 rings (SSSR count). The van der Waals surface area contributed by atoms with Crippen LogP contribution in [-0.2, 0) is 9.84 Å². The number of nitrogens with two attached hydrogens (primary N) is 1. The molecule has 0 saturated carbocycles. The first-order valence-electron chi connectivity index (χ1n) is 7.81. The maximum absolute atomic E-state index is 12.3. The lowest BCUT2D eigenvalue weighted by Gasteiger charge is -2.17. The number of amides is 1. The molecule has 0 bridgehead atoms. The minimum atomic E-state index is -3.26. The van der Waals surface area contributed by atoms with Gasteiger partial charge in [0.15, 0.2) is 9.84 Å². The molecule has 2 aromatic carbocycles. The number of anilines is 1. The summed E-state index contributed by atoms with van der Waals surface area (Å²) in [6.45, 7) is 0.890. The largest absolute Gasteiger partial charge is 0.493 e. The third-order valence-corrected chi connectivity index (χ3v) is 4.73. The average molecular weight is 362 g/mol. The van der Waals surface area contributed by atoms with E-state index >= 15 is 0 Å². The van der Waals surface area contributed by atoms with Gasteiger partial charge in [0.25, 0.3) is 5.91 Å². The maximum atomic E-state index is 12.3. The van der Waals surface area contributed by atoms with Gasteiger partial charge in [0.1, 0.15) is 5.75 Å². The lowest BCUT2D eigenvalue weighted by Crippen LogP contribution is -2.28. The fourth-order valence-electron chi connectivity index (χ4n) is 2.28. The number of hydrogen-bond acceptors (Lipinski definition) is 5. The molecule has 7 heteroatoms. The molecule has 0 heterocycles. The van der Waals surface area contributed by atoms with Crippen LogP contribution in [0.1, 0.15) is 16.8 Å². The highest BCUT2D eigenvalue weighted by atomic mass is 32.2. The summed E-state index contributed by atoms with van der Waals surface area (Å²) in [5.74, 6) is 0.388. The first-order valence-corrected chi connectivity index (χ1v) is 9.70. The monoisotopic (exact) mass is 362 g/mol. The van der Waals surface area contributed by atoms with Crippen molar-refractivity contribution < 1.29 is 17.9 Å². The van der Waals surface area contributed by atoms with E-state index < -0.39 is 9.84 Å². The average Bonchev–Trinajstić information content (AvgIpc) is 2.57. The lowest BCUT2D eigenvalue weighted by atomic mass is 10.2. The Kier molecular flexibility index (Phi) is 6.03. The molecular formula is C18H22N2O4S. The molecule has 2 aromatic rings. The molecule has 0 aromatic heterocycles. The molecule has 1 amide bonds. The van der Waals surface area contributed by atoms with Crippen LogP contribution in [0.3, 0.4) is 0 Å². The third-order valence-electron chi connectivity index (χ3n) is 3.62. The zero-order valence-corrected chi connectivity index (χ0v) is 15.1. The summed E-state index contributed by atoms with van der Waals surface area (Å²) < 4.78 is 28.6. The Bertz CT molecular complexity index is 850. The molecule has 0 radical (unpaired) electrons. The number of nitrogen functional groups attached to an aromatic ring is 1. The zero-order chi connectivity index (χ0) is 18.4. The molecular weight excluding hydrogens is 340 g/mol. The third kappa shape index (κ3) is 5.49. The molecule has 0 unspecified atom stereocenters. The summed E-state index contributed by atoms with van der Waals surface area (Å²) in [5, 5.41) is 0. The maximum Gasteiger partial charge on any atom is 0.253 e. The Morgan fingerprint density at radius 1 is 1.16 bits per heavy atom. The molecule has 0 atom stereocenters. The fourth-order valence-corrected chi connectivity index (χ4v) is 2.94. The van der Waals surface area contributed by atoms with Crippen LogP contribution in [0.4, 0.5) is 5.69 Å². The van der Waals surface area contributed by atoms with E-state index in [1.807, 2.05) is 0 Å². The van der Waals surface area contributed by atoms with E-state index in [0.717, 1.165) is 6.26 Å². The fraction of sp³-hybridized carbons (Fsp3) is 0.278. The van der Waals surface area contributed by atoms with Gasteiger partial charge in [-0.05, 0) is 42.8 Å². The van der Waals surface area contributed by atoms with Crippen LogP contribution in [0.2, 0.25) is 0 Å². The standard InChI is InChI=1S/C18H22N2O4S/c1-20(18(21)14-6-3-7-15(19)12-14)10-5-11-24-16-8-4-9-17(13-16)25(2,22)23/h3-4,6-9,12-13H,5,10-11,19H2,1-2H3. The van der Waals surface area contributed by atoms with Gasteiger partial charge in [-0.15, -0.1) is 0 Å². The topological polar surface area (TPSA) is 89.7 Å². The predicted molar refractivity (Wildman–Crippen MR) is 97.5 cm³/mol. The second kappa shape index (κ2) is 8.02. The second-order valence-electron chi connectivity index (χ2n) is 5.80. The number of carbonyl (C=O) groups is 1. The number of hydrogen-bond donors (Lipinski definition) is 1. The van der Waals surface area contributed by atoms with Crippen LogP contribution in [0, 0.1) is 0 Å². The van der Waals surface area contributed by atoms with Gasteiger partial charge < -0.3 is 15.4 Å². The van der Waals surface area contributed by atoms with Crippen LogP contribution in [0.5, 0.6) is 5.75 Å². The molecule has 0 aliphatic carbocycles. The van der Waals surface area contributed by atoms with Gasteiger partial charge in [0.2, 0.25) is 0 Å². The van der Waals surface area contributed by atoms with Crippen molar-refractivity contribution in [2.45, 2.75) is 11.3 Å². The number of nitrogens with zero attached hydrogens (tertiary/aromatic N) is 1. The highest BCUT2D eigenvalue weighted by Crippen LogP contribution is 2.17. The van der Waals surface area contributed by atoms with Crippen LogP contribution in [0.25, 0.3) is 0 Å². The molecule has 0 saturated heterocycles. The molecule has 0 fully saturated rings. The molecule has 2 N–H and O–H groups in total. The highest BCUT2D eigenvalue weighted by molar-refractivity contribution is 7.90. The minimum Gasteiger partial charge on any atom is -0.493 e. The van der Waals surface area contributed by atoms with E-state index in [1.54, 1.807) is 48.3 Å². The van der Waals surface area contributed by atoms with E-state index in [4.69, 9.17) is 10.5 Å². The molecule has 6 nitrogen and oxygen atoms in total. The highest BCUT2D eigenvalue weighted by Gasteiger charge is 2.12. The molecule has 0 aliphatic rings. The number of carbonyl (C=O) groups excluding carboxylic acids is 1. The van der Waals surface area contributed by atoms with E-state index in [0.29, 0.717) is 36.6 Å². The van der Waals surface area contributed by atoms with Crippen molar-refractivity contribution in [2.75, 3.05) is 32.2 Å². The van der Waals surface area contributed by atoms with Gasteiger partial charge in [-0.1, -0.05) is 12.1 Å². The van der Waals surface area contributed by atoms with Crippen molar-refractivity contribution in [3.8, 4) is 5.75 Å². The van der Waals surface area contributed by atoms with Crippen LogP contribution < -0.4 is 10.5 Å². The lowest BCUT2D eigenvalue weighted by molar-refractivity contribution is 0.0788. The van der Waals surface area contributed by atoms with Gasteiger partial charge in [0, 0.05) is 31.1 Å². The van der Waals surface area contributed by atoms with Crippen molar-refractivity contribution in [3.63, 3.8) is 0 Å². The van der Waals surface area contributed by atoms with Crippen LogP contribution in [-0.4, -0.2) is 45.7 Å². The van der Waals surface area contributed by atoms with Gasteiger partial charge in [-0.25, -0.2) is 8.42 Å².